The SMILES string of the molecule is CCc1nnsc1-c1nc(C2(N)CCCC2)no1.Cl. The van der Waals surface area contributed by atoms with Crippen molar-refractivity contribution in [3.63, 3.8) is 0 Å². The lowest BCUT2D eigenvalue weighted by Crippen LogP contribution is -2.34. The van der Waals surface area contributed by atoms with Crippen LogP contribution in [0.5, 0.6) is 0 Å². The molecule has 0 spiro atoms. The van der Waals surface area contributed by atoms with Crippen LogP contribution in [0.2, 0.25) is 0 Å². The lowest BCUT2D eigenvalue weighted by atomic mass is 9.99. The average Bonchev–Trinajstić information content (AvgIpc) is 3.08. The van der Waals surface area contributed by atoms with E-state index in [1.807, 2.05) is 6.92 Å². The minimum atomic E-state index is -0.410. The Bertz CT molecular complexity index is 549. The fourth-order valence-corrected chi connectivity index (χ4v) is 3.02. The standard InChI is InChI=1S/C11H15N5OS.ClH/c1-2-7-8(18-16-14-7)9-13-10(15-17-9)11(12)5-3-4-6-11;/h2-6,12H2,1H3;1H. The predicted octanol–water partition coefficient (Wildman–Crippen LogP) is 2.30. The average molecular weight is 302 g/mol. The van der Waals surface area contributed by atoms with Gasteiger partial charge in [-0.2, -0.15) is 4.98 Å². The number of aryl methyl sites for hydroxylation is 1. The van der Waals surface area contributed by atoms with Crippen LogP contribution in [0, 0.1) is 0 Å². The molecule has 3 rings (SSSR count). The molecule has 2 N–H and O–H groups in total. The Morgan fingerprint density at radius 1 is 1.37 bits per heavy atom. The van der Waals surface area contributed by atoms with Crippen molar-refractivity contribution >= 4 is 23.9 Å². The van der Waals surface area contributed by atoms with E-state index < -0.39 is 5.54 Å². The van der Waals surface area contributed by atoms with Crippen LogP contribution in [-0.4, -0.2) is 19.7 Å². The number of hydrogen-bond donors (Lipinski definition) is 1. The number of halogens is 1. The molecule has 0 saturated heterocycles. The molecule has 0 bridgehead atoms. The van der Waals surface area contributed by atoms with E-state index in [-0.39, 0.29) is 12.4 Å². The fourth-order valence-electron chi connectivity index (χ4n) is 2.35. The molecule has 0 atom stereocenters. The summed E-state index contributed by atoms with van der Waals surface area (Å²) in [4.78, 5) is 5.30. The van der Waals surface area contributed by atoms with Crippen LogP contribution < -0.4 is 5.73 Å². The molecular weight excluding hydrogens is 286 g/mol. The molecule has 8 heteroatoms. The maximum absolute atomic E-state index is 6.30. The Kier molecular flexibility index (Phi) is 4.17. The molecule has 0 aromatic carbocycles. The third-order valence-electron chi connectivity index (χ3n) is 3.45. The largest absolute Gasteiger partial charge is 0.333 e. The van der Waals surface area contributed by atoms with Gasteiger partial charge in [0.2, 0.25) is 0 Å². The van der Waals surface area contributed by atoms with Gasteiger partial charge in [0.15, 0.2) is 5.82 Å². The van der Waals surface area contributed by atoms with Crippen LogP contribution in [0.4, 0.5) is 0 Å². The Balaban J connectivity index is 0.00000133. The molecule has 0 aliphatic heterocycles. The molecule has 2 aromatic rings. The van der Waals surface area contributed by atoms with Crippen molar-refractivity contribution in [1.29, 1.82) is 0 Å². The van der Waals surface area contributed by atoms with Crippen molar-refractivity contribution in [2.45, 2.75) is 44.6 Å². The van der Waals surface area contributed by atoms with Crippen molar-refractivity contribution in [3.8, 4) is 10.8 Å². The van der Waals surface area contributed by atoms with Crippen LogP contribution in [0.25, 0.3) is 10.8 Å². The number of nitrogens with zero attached hydrogens (tertiary/aromatic N) is 4. The highest BCUT2D eigenvalue weighted by Gasteiger charge is 2.36. The summed E-state index contributed by atoms with van der Waals surface area (Å²) in [5, 5.41) is 8.09. The van der Waals surface area contributed by atoms with E-state index in [0.29, 0.717) is 11.7 Å². The molecular formula is C11H16ClN5OS. The van der Waals surface area contributed by atoms with Crippen LogP contribution in [0.15, 0.2) is 4.52 Å². The summed E-state index contributed by atoms with van der Waals surface area (Å²) < 4.78 is 9.24. The smallest absolute Gasteiger partial charge is 0.271 e. The van der Waals surface area contributed by atoms with Gasteiger partial charge in [0.05, 0.1) is 11.2 Å². The second-order valence-corrected chi connectivity index (χ2v) is 5.44. The quantitative estimate of drug-likeness (QED) is 0.935. The summed E-state index contributed by atoms with van der Waals surface area (Å²) in [5.74, 6) is 1.11. The van der Waals surface area contributed by atoms with Crippen molar-refractivity contribution in [1.82, 2.24) is 19.7 Å². The van der Waals surface area contributed by atoms with Gasteiger partial charge in [0, 0.05) is 0 Å². The first-order chi connectivity index (χ1) is 8.73. The van der Waals surface area contributed by atoms with Gasteiger partial charge < -0.3 is 10.3 Å². The minimum Gasteiger partial charge on any atom is -0.333 e. The number of rotatable bonds is 3. The second kappa shape index (κ2) is 5.52. The third kappa shape index (κ3) is 2.50. The van der Waals surface area contributed by atoms with Gasteiger partial charge in [-0.05, 0) is 30.8 Å². The summed E-state index contributed by atoms with van der Waals surface area (Å²) in [7, 11) is 0. The van der Waals surface area contributed by atoms with E-state index in [1.54, 1.807) is 0 Å². The first-order valence-corrected chi connectivity index (χ1v) is 6.95. The maximum atomic E-state index is 6.30. The minimum absolute atomic E-state index is 0. The van der Waals surface area contributed by atoms with Crippen molar-refractivity contribution < 1.29 is 4.52 Å². The van der Waals surface area contributed by atoms with Crippen LogP contribution in [0.3, 0.4) is 0 Å². The molecule has 2 heterocycles. The molecule has 0 unspecified atom stereocenters. The Labute approximate surface area is 121 Å². The highest BCUT2D eigenvalue weighted by Crippen LogP contribution is 2.36. The van der Waals surface area contributed by atoms with Gasteiger partial charge in [0.25, 0.3) is 5.89 Å². The van der Waals surface area contributed by atoms with Gasteiger partial charge in [-0.3, -0.25) is 0 Å². The van der Waals surface area contributed by atoms with Crippen molar-refractivity contribution in [3.05, 3.63) is 11.5 Å². The van der Waals surface area contributed by atoms with Crippen LogP contribution in [0.1, 0.15) is 44.1 Å². The summed E-state index contributed by atoms with van der Waals surface area (Å²) in [6.45, 7) is 2.03. The van der Waals surface area contributed by atoms with Gasteiger partial charge in [0.1, 0.15) is 4.88 Å². The molecule has 0 radical (unpaired) electrons. The summed E-state index contributed by atoms with van der Waals surface area (Å²) in [6, 6.07) is 0. The van der Waals surface area contributed by atoms with Crippen molar-refractivity contribution in [2.75, 3.05) is 0 Å². The lowest BCUT2D eigenvalue weighted by molar-refractivity contribution is 0.373. The third-order valence-corrected chi connectivity index (χ3v) is 4.21. The van der Waals surface area contributed by atoms with E-state index in [4.69, 9.17) is 10.3 Å². The first-order valence-electron chi connectivity index (χ1n) is 6.17. The monoisotopic (exact) mass is 301 g/mol. The van der Waals surface area contributed by atoms with E-state index in [2.05, 4.69) is 19.7 Å². The zero-order valence-corrected chi connectivity index (χ0v) is 12.3. The molecule has 1 saturated carbocycles. The molecule has 104 valence electrons. The molecule has 1 fully saturated rings. The normalized spacial score (nSPS) is 17.4. The van der Waals surface area contributed by atoms with E-state index in [1.165, 1.54) is 11.5 Å². The van der Waals surface area contributed by atoms with Gasteiger partial charge in [-0.25, -0.2) is 0 Å². The topological polar surface area (TPSA) is 90.7 Å². The molecule has 2 aromatic heterocycles. The zero-order chi connectivity index (χ0) is 12.6. The number of aromatic nitrogens is 4. The van der Waals surface area contributed by atoms with E-state index in [0.717, 1.165) is 42.7 Å². The molecule has 0 amide bonds. The van der Waals surface area contributed by atoms with Gasteiger partial charge >= 0.3 is 0 Å². The van der Waals surface area contributed by atoms with Crippen molar-refractivity contribution in [2.24, 2.45) is 5.73 Å². The molecule has 6 nitrogen and oxygen atoms in total. The van der Waals surface area contributed by atoms with E-state index >= 15 is 0 Å². The molecule has 1 aliphatic carbocycles. The summed E-state index contributed by atoms with van der Waals surface area (Å²) in [5.41, 5.74) is 6.79. The van der Waals surface area contributed by atoms with E-state index in [9.17, 15) is 0 Å². The Morgan fingerprint density at radius 2 is 2.11 bits per heavy atom. The highest BCUT2D eigenvalue weighted by atomic mass is 35.5. The molecule has 1 aliphatic rings. The Hall–Kier alpha value is -1.05. The van der Waals surface area contributed by atoms with Gasteiger partial charge in [-0.15, -0.1) is 17.5 Å². The number of hydrogen-bond acceptors (Lipinski definition) is 7. The number of nitrogens with two attached hydrogens (primary N) is 1. The summed E-state index contributed by atoms with van der Waals surface area (Å²) >= 11 is 1.28. The summed E-state index contributed by atoms with van der Waals surface area (Å²) in [6.07, 6.45) is 4.91. The molecule has 19 heavy (non-hydrogen) atoms. The Morgan fingerprint density at radius 3 is 2.79 bits per heavy atom. The van der Waals surface area contributed by atoms with Gasteiger partial charge in [-0.1, -0.05) is 29.4 Å². The maximum Gasteiger partial charge on any atom is 0.271 e. The first kappa shape index (κ1) is 14.4. The van der Waals surface area contributed by atoms with Crippen LogP contribution >= 0.6 is 23.9 Å². The second-order valence-electron chi connectivity index (χ2n) is 4.69. The van der Waals surface area contributed by atoms with Crippen LogP contribution in [-0.2, 0) is 12.0 Å². The predicted molar refractivity (Wildman–Crippen MR) is 74.2 cm³/mol. The zero-order valence-electron chi connectivity index (χ0n) is 10.6. The lowest BCUT2D eigenvalue weighted by Gasteiger charge is -2.17. The highest BCUT2D eigenvalue weighted by molar-refractivity contribution is 7.09. The fraction of sp³-hybridized carbons (Fsp3) is 0.636.